The summed E-state index contributed by atoms with van der Waals surface area (Å²) in [7, 11) is 0. The van der Waals surface area contributed by atoms with Crippen LogP contribution in [-0.2, 0) is 33.3 Å². The second kappa shape index (κ2) is 19.9. The number of fused-ring (bicyclic) bond motifs is 5. The predicted molar refractivity (Wildman–Crippen MR) is 207 cm³/mol. The van der Waals surface area contributed by atoms with E-state index >= 15 is 0 Å². The minimum Gasteiger partial charge on any atom is -0.481 e. The van der Waals surface area contributed by atoms with Crippen molar-refractivity contribution in [2.24, 2.45) is 51.5 Å². The maximum Gasteiger partial charge on any atom is 0.329 e. The second-order valence-electron chi connectivity index (χ2n) is 17.1. The van der Waals surface area contributed by atoms with Gasteiger partial charge in [-0.3, -0.25) is 24.5 Å². The van der Waals surface area contributed by atoms with Gasteiger partial charge in [0.25, 0.3) is 11.6 Å². The molecule has 1 unspecified atom stereocenters. The fourth-order valence-corrected chi connectivity index (χ4v) is 11.2. The van der Waals surface area contributed by atoms with Crippen LogP contribution in [-0.4, -0.2) is 85.6 Å². The van der Waals surface area contributed by atoms with E-state index in [1.807, 2.05) is 0 Å². The molecule has 4 aliphatic rings. The number of carbonyl (C=O) groups is 4. The first-order valence-electron chi connectivity index (χ1n) is 20.6. The summed E-state index contributed by atoms with van der Waals surface area (Å²) in [6.07, 6.45) is 9.37. The smallest absolute Gasteiger partial charge is 0.329 e. The number of aliphatic carboxylic acids is 1. The number of nitro benzene ring substituents is 1. The lowest BCUT2D eigenvalue weighted by Gasteiger charge is -2.61. The third-order valence-electron chi connectivity index (χ3n) is 14.0. The van der Waals surface area contributed by atoms with Crippen LogP contribution >= 0.6 is 0 Å². The van der Waals surface area contributed by atoms with Crippen molar-refractivity contribution in [2.45, 2.75) is 110 Å². The molecule has 0 aromatic heterocycles. The van der Waals surface area contributed by atoms with Crippen molar-refractivity contribution in [3.05, 3.63) is 50.4 Å². The number of hydrogen-bond acceptors (Lipinski definition) is 11. The van der Waals surface area contributed by atoms with Gasteiger partial charge in [0.05, 0.1) is 37.8 Å². The minimum absolute atomic E-state index is 0.0691. The number of nitro groups is 1. The van der Waals surface area contributed by atoms with Gasteiger partial charge in [-0.25, -0.2) is 4.79 Å². The van der Waals surface area contributed by atoms with Gasteiger partial charge in [0.1, 0.15) is 18.8 Å². The standard InChI is InChI=1S/C41H59N5O11/c1-26(4-13-37(49)56-23-22-55-21-20-54-19-18-43-45-42)32-11-12-33-31-10-7-28-24-30(14-16-40(28,2)34(31)15-17-41(32,33)3)57-39(51)35(25-36(47)48)44-38(50)27-5-8-29(9-6-27)46(52)53/h5-6,8-9,26,28,30-35H,4,7,10-25H2,1-3H3,(H,44,50)(H,47,48)/t26-,28-,30-,31+,32?,33+,34+,35+,40+,41-/m1/s1. The molecular weight excluding hydrogens is 738 g/mol. The van der Waals surface area contributed by atoms with Crippen LogP contribution in [0.2, 0.25) is 0 Å². The Morgan fingerprint density at radius 3 is 2.35 bits per heavy atom. The highest BCUT2D eigenvalue weighted by atomic mass is 16.6. The number of nitrogens with one attached hydrogen (secondary N) is 1. The van der Waals surface area contributed by atoms with Crippen molar-refractivity contribution in [2.75, 3.05) is 39.6 Å². The van der Waals surface area contributed by atoms with Crippen molar-refractivity contribution in [3.8, 4) is 0 Å². The number of ether oxygens (including phenoxy) is 4. The number of esters is 2. The molecule has 0 bridgehead atoms. The topological polar surface area (TPSA) is 229 Å². The summed E-state index contributed by atoms with van der Waals surface area (Å²) in [6.45, 7) is 9.11. The molecule has 16 nitrogen and oxygen atoms in total. The summed E-state index contributed by atoms with van der Waals surface area (Å²) in [5, 5.41) is 26.4. The Morgan fingerprint density at radius 2 is 1.65 bits per heavy atom. The van der Waals surface area contributed by atoms with Crippen LogP contribution in [0.1, 0.15) is 108 Å². The highest BCUT2D eigenvalue weighted by Gasteiger charge is 2.60. The summed E-state index contributed by atoms with van der Waals surface area (Å²) in [4.78, 5) is 63.5. The van der Waals surface area contributed by atoms with E-state index in [4.69, 9.17) is 24.5 Å². The monoisotopic (exact) mass is 797 g/mol. The molecule has 1 aromatic rings. The molecule has 16 heteroatoms. The van der Waals surface area contributed by atoms with Gasteiger partial charge in [-0.1, -0.05) is 25.9 Å². The van der Waals surface area contributed by atoms with Crippen molar-refractivity contribution >= 4 is 29.5 Å². The number of benzene rings is 1. The molecule has 0 spiro atoms. The average molecular weight is 798 g/mol. The molecule has 4 fully saturated rings. The molecule has 0 heterocycles. The number of carboxylic acids is 1. The highest BCUT2D eigenvalue weighted by molar-refractivity contribution is 5.97. The van der Waals surface area contributed by atoms with Crippen LogP contribution in [0.5, 0.6) is 0 Å². The van der Waals surface area contributed by atoms with Crippen molar-refractivity contribution in [3.63, 3.8) is 0 Å². The molecule has 2 N–H and O–H groups in total. The van der Waals surface area contributed by atoms with Gasteiger partial charge in [-0.05, 0) is 128 Å². The van der Waals surface area contributed by atoms with E-state index in [0.29, 0.717) is 81.2 Å². The summed E-state index contributed by atoms with van der Waals surface area (Å²) in [5.74, 6) is 0.243. The minimum atomic E-state index is -1.39. The molecule has 4 aliphatic carbocycles. The number of azide groups is 1. The van der Waals surface area contributed by atoms with Crippen LogP contribution in [0.4, 0.5) is 5.69 Å². The van der Waals surface area contributed by atoms with Gasteiger partial charge in [0.2, 0.25) is 0 Å². The van der Waals surface area contributed by atoms with Crippen LogP contribution in [0.3, 0.4) is 0 Å². The fourth-order valence-electron chi connectivity index (χ4n) is 11.2. The number of carboxylic acid groups (broad SMARTS) is 1. The molecule has 314 valence electrons. The number of non-ortho nitro benzene ring substituents is 1. The third-order valence-corrected chi connectivity index (χ3v) is 14.0. The van der Waals surface area contributed by atoms with E-state index < -0.39 is 35.2 Å². The van der Waals surface area contributed by atoms with Crippen LogP contribution < -0.4 is 5.32 Å². The first-order chi connectivity index (χ1) is 27.3. The first-order valence-corrected chi connectivity index (χ1v) is 20.6. The Labute approximate surface area is 333 Å². The van der Waals surface area contributed by atoms with E-state index in [0.717, 1.165) is 38.5 Å². The van der Waals surface area contributed by atoms with E-state index in [9.17, 15) is 34.4 Å². The van der Waals surface area contributed by atoms with Crippen LogP contribution in [0, 0.1) is 56.5 Å². The van der Waals surface area contributed by atoms with Gasteiger partial charge >= 0.3 is 17.9 Å². The van der Waals surface area contributed by atoms with Gasteiger partial charge in [-0.2, -0.15) is 0 Å². The number of hydrogen-bond donors (Lipinski definition) is 2. The third kappa shape index (κ3) is 10.8. The van der Waals surface area contributed by atoms with E-state index in [-0.39, 0.29) is 47.3 Å². The molecule has 0 saturated heterocycles. The lowest BCUT2D eigenvalue weighted by atomic mass is 9.44. The highest BCUT2D eigenvalue weighted by Crippen LogP contribution is 2.68. The maximum atomic E-state index is 13.3. The lowest BCUT2D eigenvalue weighted by molar-refractivity contribution is -0.384. The molecular formula is C41H59N5O11. The summed E-state index contributed by atoms with van der Waals surface area (Å²) < 4.78 is 22.1. The zero-order chi connectivity index (χ0) is 41.2. The van der Waals surface area contributed by atoms with Crippen LogP contribution in [0.15, 0.2) is 29.4 Å². The van der Waals surface area contributed by atoms with E-state index in [1.54, 1.807) is 0 Å². The molecule has 1 amide bonds. The SMILES string of the molecule is C[C@H](CCC(=O)OCCOCCOCCN=[N+]=[N-])C1CC[C@H]2[C@@H]3CC[C@@H]4C[C@H](OC(=O)[C@H](CC(=O)O)NC(=O)c5ccc([N+](=O)[O-])cc5)CC[C@]4(C)[C@H]3CC[C@]12C. The quantitative estimate of drug-likeness (QED) is 0.0258. The molecule has 1 aromatic carbocycles. The molecule has 0 aliphatic heterocycles. The van der Waals surface area contributed by atoms with Crippen molar-refractivity contribution in [1.82, 2.24) is 5.32 Å². The molecule has 5 rings (SSSR count). The Morgan fingerprint density at radius 1 is 0.965 bits per heavy atom. The van der Waals surface area contributed by atoms with Gasteiger partial charge in [0, 0.05) is 35.6 Å². The Bertz CT molecular complexity index is 1640. The Hall–Kier alpha value is -4.27. The Balaban J connectivity index is 1.08. The largest absolute Gasteiger partial charge is 0.481 e. The number of amides is 1. The fraction of sp³-hybridized carbons (Fsp3) is 0.756. The molecule has 10 atom stereocenters. The van der Waals surface area contributed by atoms with Gasteiger partial charge in [0.15, 0.2) is 0 Å². The summed E-state index contributed by atoms with van der Waals surface area (Å²) >= 11 is 0. The zero-order valence-electron chi connectivity index (χ0n) is 33.5. The number of carbonyl (C=O) groups excluding carboxylic acids is 3. The first kappa shape index (κ1) is 43.8. The normalized spacial score (nSPS) is 29.9. The zero-order valence-corrected chi connectivity index (χ0v) is 33.5. The predicted octanol–water partition coefficient (Wildman–Crippen LogP) is 7.04. The molecule has 0 radical (unpaired) electrons. The van der Waals surface area contributed by atoms with E-state index in [2.05, 4.69) is 36.1 Å². The van der Waals surface area contributed by atoms with E-state index in [1.165, 1.54) is 37.1 Å². The number of nitrogens with zero attached hydrogens (tertiary/aromatic N) is 4. The second-order valence-corrected chi connectivity index (χ2v) is 17.1. The van der Waals surface area contributed by atoms with Crippen molar-refractivity contribution < 1.29 is 48.2 Å². The van der Waals surface area contributed by atoms with Gasteiger partial charge in [-0.15, -0.1) is 0 Å². The van der Waals surface area contributed by atoms with Crippen molar-refractivity contribution in [1.29, 1.82) is 0 Å². The molecule has 57 heavy (non-hydrogen) atoms. The maximum absolute atomic E-state index is 13.3. The summed E-state index contributed by atoms with van der Waals surface area (Å²) in [5.41, 5.74) is 8.49. The number of rotatable bonds is 20. The summed E-state index contributed by atoms with van der Waals surface area (Å²) in [6, 6.07) is 3.47. The average Bonchev–Trinajstić information content (AvgIpc) is 3.54. The lowest BCUT2D eigenvalue weighted by Crippen LogP contribution is -2.54. The van der Waals surface area contributed by atoms with Crippen LogP contribution in [0.25, 0.3) is 10.4 Å². The van der Waals surface area contributed by atoms with Gasteiger partial charge < -0.3 is 29.4 Å². The molecule has 4 saturated carbocycles. The Kier molecular flexibility index (Phi) is 15.3.